The maximum Gasteiger partial charge on any atom is 0.246 e. The lowest BCUT2D eigenvalue weighted by molar-refractivity contribution is -0.127. The van der Waals surface area contributed by atoms with Crippen LogP contribution in [0.2, 0.25) is 0 Å². The number of benzene rings is 1. The molecule has 1 aliphatic heterocycles. The van der Waals surface area contributed by atoms with Crippen molar-refractivity contribution >= 4 is 39.2 Å². The molecule has 126 valence electrons. The number of rotatable bonds is 4. The molecule has 2 heterocycles. The van der Waals surface area contributed by atoms with E-state index in [1.54, 1.807) is 17.4 Å². The maximum absolute atomic E-state index is 12.3. The summed E-state index contributed by atoms with van der Waals surface area (Å²) in [7, 11) is 0. The summed E-state index contributed by atoms with van der Waals surface area (Å²) < 4.78 is 0.998. The highest BCUT2D eigenvalue weighted by atomic mass is 79.9. The number of thiazole rings is 1. The molecule has 0 aliphatic carbocycles. The molecular weight excluding hydrogens is 386 g/mol. The monoisotopic (exact) mass is 405 g/mol. The second-order valence-corrected chi connectivity index (χ2v) is 7.73. The van der Waals surface area contributed by atoms with Gasteiger partial charge in [-0.25, -0.2) is 4.98 Å². The Labute approximate surface area is 154 Å². The van der Waals surface area contributed by atoms with Crippen LogP contribution >= 0.6 is 27.3 Å². The molecule has 0 spiro atoms. The van der Waals surface area contributed by atoms with Gasteiger partial charge in [0.2, 0.25) is 5.91 Å². The smallest absolute Gasteiger partial charge is 0.246 e. The van der Waals surface area contributed by atoms with Crippen LogP contribution in [-0.2, 0) is 11.3 Å². The van der Waals surface area contributed by atoms with Gasteiger partial charge in [-0.1, -0.05) is 34.1 Å². The summed E-state index contributed by atoms with van der Waals surface area (Å²) >= 11 is 5.18. The third-order valence-electron chi connectivity index (χ3n) is 4.05. The van der Waals surface area contributed by atoms with E-state index in [9.17, 15) is 4.79 Å². The fourth-order valence-corrected chi connectivity index (χ4v) is 3.73. The Bertz CT molecular complexity index is 735. The number of piperazine rings is 1. The molecule has 0 radical (unpaired) electrons. The molecule has 1 aromatic heterocycles. The topological polar surface area (TPSA) is 36.4 Å². The molecular formula is C18H20BrN3OS. The predicted octanol–water partition coefficient (Wildman–Crippen LogP) is 3.57. The van der Waals surface area contributed by atoms with Gasteiger partial charge in [0.15, 0.2) is 0 Å². The van der Waals surface area contributed by atoms with Crippen molar-refractivity contribution in [3.63, 3.8) is 0 Å². The average molecular weight is 406 g/mol. The first-order valence-electron chi connectivity index (χ1n) is 7.97. The van der Waals surface area contributed by atoms with E-state index < -0.39 is 0 Å². The SMILES string of the molecule is Cc1nc(CN2CCN(C(=O)C=Cc3ccccc3Br)CC2)cs1. The number of amides is 1. The number of aryl methyl sites for hydroxylation is 1. The molecule has 0 N–H and O–H groups in total. The third kappa shape index (κ3) is 4.53. The molecule has 6 heteroatoms. The van der Waals surface area contributed by atoms with Crippen molar-refractivity contribution in [2.24, 2.45) is 0 Å². The van der Waals surface area contributed by atoms with Crippen LogP contribution in [0, 0.1) is 6.92 Å². The molecule has 0 atom stereocenters. The minimum Gasteiger partial charge on any atom is -0.337 e. The quantitative estimate of drug-likeness (QED) is 0.729. The van der Waals surface area contributed by atoms with Gasteiger partial charge in [0.1, 0.15) is 0 Å². The van der Waals surface area contributed by atoms with Crippen molar-refractivity contribution in [1.82, 2.24) is 14.8 Å². The first-order valence-corrected chi connectivity index (χ1v) is 9.64. The normalized spacial score (nSPS) is 16.0. The summed E-state index contributed by atoms with van der Waals surface area (Å²) in [6, 6.07) is 7.89. The highest BCUT2D eigenvalue weighted by molar-refractivity contribution is 9.10. The molecule has 0 bridgehead atoms. The third-order valence-corrected chi connectivity index (χ3v) is 5.59. The number of carbonyl (C=O) groups excluding carboxylic acids is 1. The first kappa shape index (κ1) is 17.3. The van der Waals surface area contributed by atoms with Crippen molar-refractivity contribution in [2.45, 2.75) is 13.5 Å². The van der Waals surface area contributed by atoms with E-state index in [0.717, 1.165) is 53.5 Å². The van der Waals surface area contributed by atoms with Gasteiger partial charge in [0.05, 0.1) is 10.7 Å². The summed E-state index contributed by atoms with van der Waals surface area (Å²) in [6.07, 6.45) is 3.54. The molecule has 2 aromatic rings. The molecule has 1 saturated heterocycles. The molecule has 0 unspecified atom stereocenters. The van der Waals surface area contributed by atoms with E-state index >= 15 is 0 Å². The number of hydrogen-bond acceptors (Lipinski definition) is 4. The lowest BCUT2D eigenvalue weighted by Crippen LogP contribution is -2.47. The lowest BCUT2D eigenvalue weighted by atomic mass is 10.2. The van der Waals surface area contributed by atoms with Gasteiger partial charge in [-0.3, -0.25) is 9.69 Å². The average Bonchev–Trinajstić information content (AvgIpc) is 2.99. The van der Waals surface area contributed by atoms with Crippen LogP contribution in [0.25, 0.3) is 6.08 Å². The van der Waals surface area contributed by atoms with Gasteiger partial charge < -0.3 is 4.90 Å². The number of nitrogens with zero attached hydrogens (tertiary/aromatic N) is 3. The van der Waals surface area contributed by atoms with Crippen LogP contribution in [0.3, 0.4) is 0 Å². The summed E-state index contributed by atoms with van der Waals surface area (Å²) in [5.41, 5.74) is 2.15. The van der Waals surface area contributed by atoms with Crippen molar-refractivity contribution < 1.29 is 4.79 Å². The molecule has 0 saturated carbocycles. The molecule has 1 aliphatic rings. The second kappa shape index (κ2) is 8.05. The van der Waals surface area contributed by atoms with Crippen LogP contribution in [0.4, 0.5) is 0 Å². The molecule has 1 aromatic carbocycles. The second-order valence-electron chi connectivity index (χ2n) is 5.81. The Morgan fingerprint density at radius 3 is 2.71 bits per heavy atom. The summed E-state index contributed by atoms with van der Waals surface area (Å²) in [6.45, 7) is 6.22. The summed E-state index contributed by atoms with van der Waals surface area (Å²) in [5.74, 6) is 0.0786. The predicted molar refractivity (Wildman–Crippen MR) is 102 cm³/mol. The zero-order valence-corrected chi connectivity index (χ0v) is 16.0. The van der Waals surface area contributed by atoms with Crippen molar-refractivity contribution in [3.8, 4) is 0 Å². The Morgan fingerprint density at radius 1 is 1.29 bits per heavy atom. The largest absolute Gasteiger partial charge is 0.337 e. The Balaban J connectivity index is 1.51. The minimum atomic E-state index is 0.0786. The number of hydrogen-bond donors (Lipinski definition) is 0. The highest BCUT2D eigenvalue weighted by Gasteiger charge is 2.20. The Hall–Kier alpha value is -1.50. The molecule has 1 amide bonds. The van der Waals surface area contributed by atoms with Gasteiger partial charge >= 0.3 is 0 Å². The Kier molecular flexibility index (Phi) is 5.81. The van der Waals surface area contributed by atoms with E-state index in [0.29, 0.717) is 0 Å². The van der Waals surface area contributed by atoms with Gasteiger partial charge in [0, 0.05) is 48.7 Å². The molecule has 24 heavy (non-hydrogen) atoms. The maximum atomic E-state index is 12.3. The van der Waals surface area contributed by atoms with Crippen molar-refractivity contribution in [2.75, 3.05) is 26.2 Å². The number of aromatic nitrogens is 1. The van der Waals surface area contributed by atoms with Crippen molar-refractivity contribution in [3.05, 3.63) is 56.5 Å². The zero-order valence-electron chi connectivity index (χ0n) is 13.6. The van der Waals surface area contributed by atoms with E-state index in [1.807, 2.05) is 42.2 Å². The standard InChI is InChI=1S/C18H20BrN3OS/c1-14-20-16(13-24-14)12-21-8-10-22(11-9-21)18(23)7-6-15-4-2-3-5-17(15)19/h2-7,13H,8-12H2,1H3. The van der Waals surface area contributed by atoms with Crippen LogP contribution < -0.4 is 0 Å². The van der Waals surface area contributed by atoms with E-state index in [-0.39, 0.29) is 5.91 Å². The number of carbonyl (C=O) groups is 1. The summed E-state index contributed by atoms with van der Waals surface area (Å²) in [4.78, 5) is 21.1. The van der Waals surface area contributed by atoms with Gasteiger partial charge in [-0.05, 0) is 24.6 Å². The van der Waals surface area contributed by atoms with Crippen LogP contribution in [0.15, 0.2) is 40.2 Å². The van der Waals surface area contributed by atoms with Crippen molar-refractivity contribution in [1.29, 1.82) is 0 Å². The fraction of sp³-hybridized carbons (Fsp3) is 0.333. The van der Waals surface area contributed by atoms with Crippen LogP contribution in [0.1, 0.15) is 16.3 Å². The molecule has 3 rings (SSSR count). The highest BCUT2D eigenvalue weighted by Crippen LogP contribution is 2.17. The van der Waals surface area contributed by atoms with Gasteiger partial charge in [-0.15, -0.1) is 11.3 Å². The molecule has 4 nitrogen and oxygen atoms in total. The summed E-state index contributed by atoms with van der Waals surface area (Å²) in [5, 5.41) is 3.23. The Morgan fingerprint density at radius 2 is 2.04 bits per heavy atom. The van der Waals surface area contributed by atoms with Gasteiger partial charge in [0.25, 0.3) is 0 Å². The van der Waals surface area contributed by atoms with Crippen LogP contribution in [-0.4, -0.2) is 46.9 Å². The van der Waals surface area contributed by atoms with E-state index in [2.05, 4.69) is 31.2 Å². The lowest BCUT2D eigenvalue weighted by Gasteiger charge is -2.33. The molecule has 1 fully saturated rings. The van der Waals surface area contributed by atoms with Gasteiger partial charge in [-0.2, -0.15) is 0 Å². The zero-order chi connectivity index (χ0) is 16.9. The van der Waals surface area contributed by atoms with E-state index in [4.69, 9.17) is 0 Å². The first-order chi connectivity index (χ1) is 11.6. The van der Waals surface area contributed by atoms with Crippen LogP contribution in [0.5, 0.6) is 0 Å². The minimum absolute atomic E-state index is 0.0786. The fourth-order valence-electron chi connectivity index (χ4n) is 2.71. The number of halogens is 1. The van der Waals surface area contributed by atoms with E-state index in [1.165, 1.54) is 0 Å².